The molecule has 94 valence electrons. The fourth-order valence-corrected chi connectivity index (χ4v) is 1.47. The van der Waals surface area contributed by atoms with Crippen LogP contribution >= 0.6 is 12.4 Å². The molecule has 0 aromatic carbocycles. The Morgan fingerprint density at radius 3 is 2.06 bits per heavy atom. The SMILES string of the molecule is CC(C)(C)[C@H](N)CN1C(=O)CCCC1=O.Cl. The number of carbonyl (C=O) groups excluding carboxylic acids is 2. The monoisotopic (exact) mass is 248 g/mol. The van der Waals surface area contributed by atoms with Crippen molar-refractivity contribution in [1.82, 2.24) is 4.90 Å². The number of rotatable bonds is 2. The van der Waals surface area contributed by atoms with E-state index in [2.05, 4.69) is 0 Å². The lowest BCUT2D eigenvalue weighted by molar-refractivity contribution is -0.148. The standard InChI is InChI=1S/C11H20N2O2.ClH/c1-11(2,3)8(12)7-13-9(14)5-4-6-10(13)15;/h8H,4-7,12H2,1-3H3;1H/t8-;/m1./s1. The summed E-state index contributed by atoms with van der Waals surface area (Å²) in [6, 6.07) is -0.163. The van der Waals surface area contributed by atoms with E-state index < -0.39 is 0 Å². The molecule has 0 aromatic rings. The number of imide groups is 1. The quantitative estimate of drug-likeness (QED) is 0.750. The molecule has 0 bridgehead atoms. The summed E-state index contributed by atoms with van der Waals surface area (Å²) in [6.45, 7) is 6.38. The first-order chi connectivity index (χ1) is 6.82. The molecule has 0 saturated carbocycles. The van der Waals surface area contributed by atoms with E-state index in [9.17, 15) is 9.59 Å². The summed E-state index contributed by atoms with van der Waals surface area (Å²) in [5, 5.41) is 0. The van der Waals surface area contributed by atoms with Gasteiger partial charge in [-0.3, -0.25) is 14.5 Å². The van der Waals surface area contributed by atoms with Gasteiger partial charge in [0.1, 0.15) is 0 Å². The van der Waals surface area contributed by atoms with E-state index >= 15 is 0 Å². The van der Waals surface area contributed by atoms with Gasteiger partial charge in [-0.15, -0.1) is 12.4 Å². The van der Waals surface area contributed by atoms with E-state index in [-0.39, 0.29) is 35.7 Å². The van der Waals surface area contributed by atoms with E-state index in [1.807, 2.05) is 20.8 Å². The Bertz CT molecular complexity index is 258. The van der Waals surface area contributed by atoms with Gasteiger partial charge in [0.05, 0.1) is 0 Å². The van der Waals surface area contributed by atoms with Crippen LogP contribution < -0.4 is 5.73 Å². The third kappa shape index (κ3) is 3.76. The highest BCUT2D eigenvalue weighted by molar-refractivity contribution is 5.97. The van der Waals surface area contributed by atoms with Gasteiger partial charge in [-0.25, -0.2) is 0 Å². The second-order valence-corrected chi connectivity index (χ2v) is 5.22. The second-order valence-electron chi connectivity index (χ2n) is 5.22. The number of carbonyl (C=O) groups is 2. The molecule has 0 aliphatic carbocycles. The molecule has 1 fully saturated rings. The lowest BCUT2D eigenvalue weighted by Gasteiger charge is -2.33. The van der Waals surface area contributed by atoms with Crippen molar-refractivity contribution >= 4 is 24.2 Å². The molecule has 1 rings (SSSR count). The summed E-state index contributed by atoms with van der Waals surface area (Å²) in [5.41, 5.74) is 5.87. The van der Waals surface area contributed by atoms with Gasteiger partial charge in [0.25, 0.3) is 0 Å². The number of hydrogen-bond acceptors (Lipinski definition) is 3. The van der Waals surface area contributed by atoms with Crippen molar-refractivity contribution in [3.05, 3.63) is 0 Å². The van der Waals surface area contributed by atoms with Crippen LogP contribution in [0.15, 0.2) is 0 Å². The van der Waals surface area contributed by atoms with Crippen LogP contribution in [0.5, 0.6) is 0 Å². The number of piperidine rings is 1. The summed E-state index contributed by atoms with van der Waals surface area (Å²) >= 11 is 0. The predicted octanol–water partition coefficient (Wildman–Crippen LogP) is 1.32. The highest BCUT2D eigenvalue weighted by Gasteiger charge is 2.30. The van der Waals surface area contributed by atoms with Crippen LogP contribution in [0.3, 0.4) is 0 Å². The molecule has 1 heterocycles. The highest BCUT2D eigenvalue weighted by Crippen LogP contribution is 2.20. The molecular weight excluding hydrogens is 228 g/mol. The molecule has 0 aromatic heterocycles. The van der Waals surface area contributed by atoms with Crippen molar-refractivity contribution in [3.63, 3.8) is 0 Å². The Balaban J connectivity index is 0.00000225. The van der Waals surface area contributed by atoms with Crippen LogP contribution in [0, 0.1) is 5.41 Å². The lowest BCUT2D eigenvalue weighted by atomic mass is 9.87. The van der Waals surface area contributed by atoms with Crippen molar-refractivity contribution in [2.45, 2.75) is 46.1 Å². The molecule has 2 amide bonds. The highest BCUT2D eigenvalue weighted by atomic mass is 35.5. The predicted molar refractivity (Wildman–Crippen MR) is 65.2 cm³/mol. The van der Waals surface area contributed by atoms with Gasteiger partial charge >= 0.3 is 0 Å². The van der Waals surface area contributed by atoms with Crippen LogP contribution in [0.25, 0.3) is 0 Å². The van der Waals surface area contributed by atoms with E-state index in [0.717, 1.165) is 0 Å². The summed E-state index contributed by atoms with van der Waals surface area (Å²) in [4.78, 5) is 24.4. The number of nitrogens with zero attached hydrogens (tertiary/aromatic N) is 1. The van der Waals surface area contributed by atoms with Crippen LogP contribution in [0.4, 0.5) is 0 Å². The van der Waals surface area contributed by atoms with E-state index in [1.165, 1.54) is 4.90 Å². The van der Waals surface area contributed by atoms with Gasteiger partial charge in [-0.1, -0.05) is 20.8 Å². The molecule has 4 nitrogen and oxygen atoms in total. The maximum Gasteiger partial charge on any atom is 0.229 e. The van der Waals surface area contributed by atoms with Gasteiger partial charge in [-0.2, -0.15) is 0 Å². The first kappa shape index (κ1) is 15.4. The van der Waals surface area contributed by atoms with Gasteiger partial charge in [0.15, 0.2) is 0 Å². The molecular formula is C11H21ClN2O2. The largest absolute Gasteiger partial charge is 0.326 e. The molecule has 2 N–H and O–H groups in total. The topological polar surface area (TPSA) is 63.4 Å². The van der Waals surface area contributed by atoms with Crippen molar-refractivity contribution in [2.24, 2.45) is 11.1 Å². The van der Waals surface area contributed by atoms with Gasteiger partial charge in [0, 0.05) is 25.4 Å². The second kappa shape index (κ2) is 5.64. The van der Waals surface area contributed by atoms with Crippen LogP contribution in [-0.4, -0.2) is 29.3 Å². The van der Waals surface area contributed by atoms with E-state index in [0.29, 0.717) is 25.8 Å². The minimum absolute atomic E-state index is 0. The number of hydrogen-bond donors (Lipinski definition) is 1. The maximum atomic E-state index is 11.5. The van der Waals surface area contributed by atoms with Crippen molar-refractivity contribution in [1.29, 1.82) is 0 Å². The molecule has 1 aliphatic rings. The molecule has 0 spiro atoms. The van der Waals surface area contributed by atoms with Crippen molar-refractivity contribution < 1.29 is 9.59 Å². The smallest absolute Gasteiger partial charge is 0.229 e. The number of amides is 2. The molecule has 1 saturated heterocycles. The first-order valence-corrected chi connectivity index (χ1v) is 5.41. The van der Waals surface area contributed by atoms with Gasteiger partial charge < -0.3 is 5.73 Å². The Morgan fingerprint density at radius 1 is 1.25 bits per heavy atom. The van der Waals surface area contributed by atoms with Crippen LogP contribution in [-0.2, 0) is 9.59 Å². The molecule has 0 unspecified atom stereocenters. The minimum Gasteiger partial charge on any atom is -0.326 e. The zero-order valence-electron chi connectivity index (χ0n) is 10.2. The molecule has 16 heavy (non-hydrogen) atoms. The summed E-state index contributed by atoms with van der Waals surface area (Å²) in [6.07, 6.45) is 1.63. The summed E-state index contributed by atoms with van der Waals surface area (Å²) in [5.74, 6) is -0.156. The Morgan fingerprint density at radius 2 is 1.69 bits per heavy atom. The van der Waals surface area contributed by atoms with Crippen molar-refractivity contribution in [3.8, 4) is 0 Å². The van der Waals surface area contributed by atoms with Gasteiger partial charge in [0.2, 0.25) is 11.8 Å². The average molecular weight is 249 g/mol. The van der Waals surface area contributed by atoms with E-state index in [4.69, 9.17) is 5.73 Å². The average Bonchev–Trinajstić information content (AvgIpc) is 2.09. The zero-order valence-corrected chi connectivity index (χ0v) is 11.0. The molecule has 5 heteroatoms. The molecule has 1 aliphatic heterocycles. The summed E-state index contributed by atoms with van der Waals surface area (Å²) in [7, 11) is 0. The minimum atomic E-state index is -0.163. The first-order valence-electron chi connectivity index (χ1n) is 5.41. The summed E-state index contributed by atoms with van der Waals surface area (Å²) < 4.78 is 0. The van der Waals surface area contributed by atoms with Crippen molar-refractivity contribution in [2.75, 3.05) is 6.54 Å². The Kier molecular flexibility index (Phi) is 5.42. The number of halogens is 1. The number of nitrogens with two attached hydrogens (primary N) is 1. The fourth-order valence-electron chi connectivity index (χ4n) is 1.47. The normalized spacial score (nSPS) is 19.4. The maximum absolute atomic E-state index is 11.5. The third-order valence-electron chi connectivity index (χ3n) is 2.88. The zero-order chi connectivity index (χ0) is 11.6. The fraction of sp³-hybridized carbons (Fsp3) is 0.818. The van der Waals surface area contributed by atoms with Crippen LogP contribution in [0.2, 0.25) is 0 Å². The van der Waals surface area contributed by atoms with Gasteiger partial charge in [-0.05, 0) is 11.8 Å². The van der Waals surface area contributed by atoms with Crippen LogP contribution in [0.1, 0.15) is 40.0 Å². The molecule has 1 atom stereocenters. The third-order valence-corrected chi connectivity index (χ3v) is 2.88. The lowest BCUT2D eigenvalue weighted by Crippen LogP contribution is -2.50. The molecule has 0 radical (unpaired) electrons. The Labute approximate surface area is 103 Å². The van der Waals surface area contributed by atoms with E-state index in [1.54, 1.807) is 0 Å². The number of likely N-dealkylation sites (tertiary alicyclic amines) is 1. The Hall–Kier alpha value is -0.610.